The van der Waals surface area contributed by atoms with Crippen molar-refractivity contribution in [2.45, 2.75) is 6.42 Å². The monoisotopic (exact) mass is 333 g/mol. The molecule has 0 aliphatic carbocycles. The summed E-state index contributed by atoms with van der Waals surface area (Å²) in [5.74, 6) is 0.848. The third-order valence-corrected chi connectivity index (χ3v) is 3.67. The topological polar surface area (TPSA) is 37.4 Å². The summed E-state index contributed by atoms with van der Waals surface area (Å²) >= 11 is 9.28. The van der Waals surface area contributed by atoms with E-state index in [-0.39, 0.29) is 0 Å². The fourth-order valence-corrected chi connectivity index (χ4v) is 2.66. The highest BCUT2D eigenvalue weighted by atomic mass is 79.9. The Balaban J connectivity index is 1.68. The molecule has 0 aromatic carbocycles. The van der Waals surface area contributed by atoms with E-state index in [0.717, 1.165) is 56.1 Å². The molecule has 2 rings (SSSR count). The van der Waals surface area contributed by atoms with Crippen molar-refractivity contribution in [1.29, 1.82) is 0 Å². The molecule has 0 bridgehead atoms. The first kappa shape index (κ1) is 14.1. The molecule has 1 aromatic heterocycles. The Kier molecular flexibility index (Phi) is 5.69. The average Bonchev–Trinajstić information content (AvgIpc) is 2.38. The number of nitrogens with zero attached hydrogens (tertiary/aromatic N) is 2. The van der Waals surface area contributed by atoms with E-state index in [1.165, 1.54) is 0 Å². The van der Waals surface area contributed by atoms with E-state index in [1.54, 1.807) is 6.20 Å². The van der Waals surface area contributed by atoms with E-state index >= 15 is 0 Å². The lowest BCUT2D eigenvalue weighted by atomic mass is 10.3. The standard InChI is InChI=1S/C12H17BrClN3O/c13-11-8-10(14)9-16-12(11)15-2-1-3-17-4-6-18-7-5-17/h8-9H,1-7H2,(H,15,16). The predicted octanol–water partition coefficient (Wildman–Crippen LogP) is 2.63. The highest BCUT2D eigenvalue weighted by Gasteiger charge is 2.09. The van der Waals surface area contributed by atoms with Crippen LogP contribution in [0.5, 0.6) is 0 Å². The molecule has 1 aliphatic rings. The van der Waals surface area contributed by atoms with Crippen LogP contribution in [0.2, 0.25) is 5.02 Å². The van der Waals surface area contributed by atoms with E-state index in [1.807, 2.05) is 6.07 Å². The van der Waals surface area contributed by atoms with Crippen molar-refractivity contribution in [3.05, 3.63) is 21.8 Å². The van der Waals surface area contributed by atoms with Gasteiger partial charge in [0.05, 0.1) is 22.7 Å². The SMILES string of the molecule is Clc1cnc(NCCCN2CCOCC2)c(Br)c1. The molecule has 2 heterocycles. The third kappa shape index (κ3) is 4.39. The van der Waals surface area contributed by atoms with Crippen LogP contribution >= 0.6 is 27.5 Å². The van der Waals surface area contributed by atoms with Crippen LogP contribution in [-0.4, -0.2) is 49.3 Å². The maximum absolute atomic E-state index is 5.84. The molecule has 0 radical (unpaired) electrons. The van der Waals surface area contributed by atoms with Crippen molar-refractivity contribution in [2.24, 2.45) is 0 Å². The highest BCUT2D eigenvalue weighted by molar-refractivity contribution is 9.10. The molecule has 4 nitrogen and oxygen atoms in total. The molecule has 1 N–H and O–H groups in total. The van der Waals surface area contributed by atoms with Crippen LogP contribution < -0.4 is 5.32 Å². The number of nitrogens with one attached hydrogen (secondary N) is 1. The van der Waals surface area contributed by atoms with Crippen LogP contribution in [0.25, 0.3) is 0 Å². The molecule has 0 atom stereocenters. The molecule has 0 saturated carbocycles. The maximum atomic E-state index is 5.84. The number of hydrogen-bond donors (Lipinski definition) is 1. The highest BCUT2D eigenvalue weighted by Crippen LogP contribution is 2.22. The number of anilines is 1. The van der Waals surface area contributed by atoms with Gasteiger partial charge < -0.3 is 10.1 Å². The fraction of sp³-hybridized carbons (Fsp3) is 0.583. The number of pyridine rings is 1. The van der Waals surface area contributed by atoms with Gasteiger partial charge in [0.2, 0.25) is 0 Å². The minimum Gasteiger partial charge on any atom is -0.379 e. The van der Waals surface area contributed by atoms with Crippen LogP contribution in [0.1, 0.15) is 6.42 Å². The minimum atomic E-state index is 0.640. The second-order valence-corrected chi connectivity index (χ2v) is 5.51. The molecule has 1 fully saturated rings. The molecule has 1 saturated heterocycles. The number of ether oxygens (including phenoxy) is 1. The second-order valence-electron chi connectivity index (χ2n) is 4.22. The van der Waals surface area contributed by atoms with Crippen molar-refractivity contribution < 1.29 is 4.74 Å². The Morgan fingerprint density at radius 2 is 2.22 bits per heavy atom. The zero-order valence-corrected chi connectivity index (χ0v) is 12.5. The molecular weight excluding hydrogens is 318 g/mol. The first-order valence-electron chi connectivity index (χ1n) is 6.11. The summed E-state index contributed by atoms with van der Waals surface area (Å²) in [5, 5.41) is 3.94. The van der Waals surface area contributed by atoms with Crippen LogP contribution in [0, 0.1) is 0 Å². The molecule has 1 aromatic rings. The van der Waals surface area contributed by atoms with E-state index in [2.05, 4.69) is 31.1 Å². The van der Waals surface area contributed by atoms with Crippen molar-refractivity contribution in [3.8, 4) is 0 Å². The lowest BCUT2D eigenvalue weighted by Gasteiger charge is -2.26. The van der Waals surface area contributed by atoms with Gasteiger partial charge in [-0.15, -0.1) is 0 Å². The Hall–Kier alpha value is -0.360. The van der Waals surface area contributed by atoms with Crippen LogP contribution in [-0.2, 0) is 4.74 Å². The molecule has 100 valence electrons. The second kappa shape index (κ2) is 7.28. The van der Waals surface area contributed by atoms with Crippen LogP contribution in [0.4, 0.5) is 5.82 Å². The van der Waals surface area contributed by atoms with Crippen LogP contribution in [0.3, 0.4) is 0 Å². The Morgan fingerprint density at radius 3 is 2.94 bits per heavy atom. The predicted molar refractivity (Wildman–Crippen MR) is 77.3 cm³/mol. The third-order valence-electron chi connectivity index (χ3n) is 2.86. The Labute approximate surface area is 121 Å². The smallest absolute Gasteiger partial charge is 0.140 e. The lowest BCUT2D eigenvalue weighted by Crippen LogP contribution is -2.37. The van der Waals surface area contributed by atoms with Gasteiger partial charge in [-0.05, 0) is 35.0 Å². The minimum absolute atomic E-state index is 0.640. The number of rotatable bonds is 5. The number of aromatic nitrogens is 1. The molecule has 0 unspecified atom stereocenters. The molecule has 6 heteroatoms. The van der Waals surface area contributed by atoms with Gasteiger partial charge in [-0.1, -0.05) is 11.6 Å². The van der Waals surface area contributed by atoms with Crippen molar-refractivity contribution in [3.63, 3.8) is 0 Å². The Bertz CT molecular complexity index is 386. The van der Waals surface area contributed by atoms with E-state index in [9.17, 15) is 0 Å². The van der Waals surface area contributed by atoms with Gasteiger partial charge in [-0.3, -0.25) is 4.90 Å². The summed E-state index contributed by atoms with van der Waals surface area (Å²) in [6.07, 6.45) is 2.74. The van der Waals surface area contributed by atoms with Gasteiger partial charge in [0, 0.05) is 25.8 Å². The molecular formula is C12H17BrClN3O. The van der Waals surface area contributed by atoms with Gasteiger partial charge in [0.25, 0.3) is 0 Å². The van der Waals surface area contributed by atoms with Gasteiger partial charge in [0.1, 0.15) is 5.82 Å². The number of morpholine rings is 1. The number of hydrogen-bond acceptors (Lipinski definition) is 4. The molecule has 0 amide bonds. The summed E-state index contributed by atoms with van der Waals surface area (Å²) in [4.78, 5) is 6.66. The van der Waals surface area contributed by atoms with E-state index < -0.39 is 0 Å². The normalized spacial score (nSPS) is 16.8. The van der Waals surface area contributed by atoms with Crippen molar-refractivity contribution in [1.82, 2.24) is 9.88 Å². The van der Waals surface area contributed by atoms with Crippen molar-refractivity contribution in [2.75, 3.05) is 44.7 Å². The average molecular weight is 335 g/mol. The van der Waals surface area contributed by atoms with Gasteiger partial charge in [0.15, 0.2) is 0 Å². The molecule has 1 aliphatic heterocycles. The van der Waals surface area contributed by atoms with Gasteiger partial charge in [-0.2, -0.15) is 0 Å². The first-order valence-corrected chi connectivity index (χ1v) is 7.28. The van der Waals surface area contributed by atoms with Gasteiger partial charge >= 0.3 is 0 Å². The van der Waals surface area contributed by atoms with E-state index in [0.29, 0.717) is 5.02 Å². The van der Waals surface area contributed by atoms with Crippen LogP contribution in [0.15, 0.2) is 16.7 Å². The first-order chi connectivity index (χ1) is 8.75. The summed E-state index contributed by atoms with van der Waals surface area (Å²) < 4.78 is 6.22. The summed E-state index contributed by atoms with van der Waals surface area (Å²) in [7, 11) is 0. The zero-order valence-electron chi connectivity index (χ0n) is 10.2. The summed E-state index contributed by atoms with van der Waals surface area (Å²) in [6, 6.07) is 1.85. The summed E-state index contributed by atoms with van der Waals surface area (Å²) in [6.45, 7) is 5.81. The zero-order chi connectivity index (χ0) is 12.8. The largest absolute Gasteiger partial charge is 0.379 e. The van der Waals surface area contributed by atoms with Crippen molar-refractivity contribution >= 4 is 33.3 Å². The lowest BCUT2D eigenvalue weighted by molar-refractivity contribution is 0.0378. The quantitative estimate of drug-likeness (QED) is 0.840. The number of halogens is 2. The fourth-order valence-electron chi connectivity index (χ4n) is 1.88. The maximum Gasteiger partial charge on any atom is 0.140 e. The Morgan fingerprint density at radius 1 is 1.44 bits per heavy atom. The molecule has 18 heavy (non-hydrogen) atoms. The van der Waals surface area contributed by atoms with Gasteiger partial charge in [-0.25, -0.2) is 4.98 Å². The van der Waals surface area contributed by atoms with E-state index in [4.69, 9.17) is 16.3 Å². The summed E-state index contributed by atoms with van der Waals surface area (Å²) in [5.41, 5.74) is 0. The molecule has 0 spiro atoms.